The third-order valence-electron chi connectivity index (χ3n) is 4.58. The Kier molecular flexibility index (Phi) is 9.73. The lowest BCUT2D eigenvalue weighted by Crippen LogP contribution is -2.40. The minimum Gasteiger partial charge on any atom is -0.489 e. The number of ether oxygens (including phenoxy) is 1. The van der Waals surface area contributed by atoms with Crippen LogP contribution in [0.1, 0.15) is 31.7 Å². The minimum atomic E-state index is -0.106. The van der Waals surface area contributed by atoms with Crippen molar-refractivity contribution in [3.63, 3.8) is 0 Å². The second kappa shape index (κ2) is 12.4. The number of guanidine groups is 1. The van der Waals surface area contributed by atoms with Gasteiger partial charge in [-0.15, -0.1) is 0 Å². The molecule has 0 aromatic heterocycles. The van der Waals surface area contributed by atoms with E-state index in [1.165, 1.54) is 0 Å². The lowest BCUT2D eigenvalue weighted by Gasteiger charge is -2.29. The fourth-order valence-electron chi connectivity index (χ4n) is 3.08. The van der Waals surface area contributed by atoms with E-state index in [2.05, 4.69) is 34.0 Å². The van der Waals surface area contributed by atoms with E-state index in [0.29, 0.717) is 13.2 Å². The number of likely N-dealkylation sites (tertiary alicyclic amines) is 1. The zero-order chi connectivity index (χ0) is 19.3. The van der Waals surface area contributed by atoms with E-state index in [9.17, 15) is 5.11 Å². The third kappa shape index (κ3) is 8.01. The first-order valence-corrected chi connectivity index (χ1v) is 9.97. The fraction of sp³-hybridized carbons (Fsp3) is 0.571. The lowest BCUT2D eigenvalue weighted by molar-refractivity contribution is 0.0823. The molecule has 0 unspecified atom stereocenters. The smallest absolute Gasteiger partial charge is 0.191 e. The number of aliphatic hydroxyl groups excluding tert-OH is 1. The number of para-hydroxylation sites is 1. The summed E-state index contributed by atoms with van der Waals surface area (Å²) in [6, 6.07) is 7.97. The van der Waals surface area contributed by atoms with E-state index in [4.69, 9.17) is 4.74 Å². The van der Waals surface area contributed by atoms with Gasteiger partial charge in [-0.3, -0.25) is 0 Å². The van der Waals surface area contributed by atoms with Gasteiger partial charge < -0.3 is 25.4 Å². The normalized spacial score (nSPS) is 16.1. The number of rotatable bonds is 10. The number of aliphatic imine (C=N–C) groups is 1. The molecular weight excluding hydrogens is 340 g/mol. The SMILES string of the molecule is C=CCOc1ccccc1CN=C(NCC)NCCCN1CCC(O)CC1. The van der Waals surface area contributed by atoms with E-state index < -0.39 is 0 Å². The summed E-state index contributed by atoms with van der Waals surface area (Å²) in [5, 5.41) is 16.3. The number of nitrogens with one attached hydrogen (secondary N) is 2. The standard InChI is InChI=1S/C21H34N4O2/c1-3-16-27-20-9-6-5-8-18(20)17-24-21(22-4-2)23-12-7-13-25-14-10-19(26)11-15-25/h3,5-6,8-9,19,26H,1,4,7,10-17H2,2H3,(H2,22,23,24). The quantitative estimate of drug-likeness (QED) is 0.253. The van der Waals surface area contributed by atoms with Crippen LogP contribution >= 0.6 is 0 Å². The van der Waals surface area contributed by atoms with Crippen LogP contribution in [0.4, 0.5) is 0 Å². The summed E-state index contributed by atoms with van der Waals surface area (Å²) in [6.07, 6.45) is 4.48. The monoisotopic (exact) mass is 374 g/mol. The van der Waals surface area contributed by atoms with E-state index in [0.717, 1.165) is 69.3 Å². The first-order valence-electron chi connectivity index (χ1n) is 9.97. The first-order chi connectivity index (χ1) is 13.2. The van der Waals surface area contributed by atoms with Crippen molar-refractivity contribution in [1.29, 1.82) is 0 Å². The zero-order valence-corrected chi connectivity index (χ0v) is 16.5. The summed E-state index contributed by atoms with van der Waals surface area (Å²) in [6.45, 7) is 11.6. The summed E-state index contributed by atoms with van der Waals surface area (Å²) < 4.78 is 5.70. The summed E-state index contributed by atoms with van der Waals surface area (Å²) in [7, 11) is 0. The molecule has 0 aliphatic carbocycles. The number of hydrogen-bond acceptors (Lipinski definition) is 4. The van der Waals surface area contributed by atoms with Gasteiger partial charge in [0.1, 0.15) is 12.4 Å². The highest BCUT2D eigenvalue weighted by molar-refractivity contribution is 5.79. The number of aliphatic hydroxyl groups is 1. The van der Waals surface area contributed by atoms with Gasteiger partial charge in [-0.05, 0) is 38.8 Å². The van der Waals surface area contributed by atoms with Crippen LogP contribution in [0.2, 0.25) is 0 Å². The summed E-state index contributed by atoms with van der Waals surface area (Å²) in [5.41, 5.74) is 1.06. The van der Waals surface area contributed by atoms with Gasteiger partial charge >= 0.3 is 0 Å². The van der Waals surface area contributed by atoms with E-state index in [1.807, 2.05) is 24.3 Å². The van der Waals surface area contributed by atoms with E-state index in [1.54, 1.807) is 6.08 Å². The maximum absolute atomic E-state index is 9.57. The maximum atomic E-state index is 9.57. The Morgan fingerprint density at radius 3 is 2.85 bits per heavy atom. The topological polar surface area (TPSA) is 69.1 Å². The van der Waals surface area contributed by atoms with E-state index >= 15 is 0 Å². The Hall–Kier alpha value is -2.05. The molecule has 1 heterocycles. The molecule has 2 rings (SSSR count). The van der Waals surface area contributed by atoms with Gasteiger partial charge in [0.2, 0.25) is 0 Å². The van der Waals surface area contributed by atoms with Crippen molar-refractivity contribution in [2.75, 3.05) is 39.3 Å². The molecule has 0 amide bonds. The molecule has 1 aromatic rings. The average Bonchev–Trinajstić information content (AvgIpc) is 2.69. The highest BCUT2D eigenvalue weighted by Gasteiger charge is 2.16. The molecule has 27 heavy (non-hydrogen) atoms. The summed E-state index contributed by atoms with van der Waals surface area (Å²) >= 11 is 0. The van der Waals surface area contributed by atoms with E-state index in [-0.39, 0.29) is 6.10 Å². The molecule has 150 valence electrons. The minimum absolute atomic E-state index is 0.106. The number of piperidine rings is 1. The second-order valence-corrected chi connectivity index (χ2v) is 6.76. The van der Waals surface area contributed by atoms with Crippen LogP contribution in [0.3, 0.4) is 0 Å². The van der Waals surface area contributed by atoms with Gasteiger partial charge in [-0.2, -0.15) is 0 Å². The Labute approximate surface area is 163 Å². The first kappa shape index (κ1) is 21.3. The Morgan fingerprint density at radius 2 is 2.11 bits per heavy atom. The van der Waals surface area contributed by atoms with Crippen molar-refractivity contribution in [1.82, 2.24) is 15.5 Å². The van der Waals surface area contributed by atoms with Gasteiger partial charge in [0, 0.05) is 31.7 Å². The van der Waals surface area contributed by atoms with Crippen LogP contribution < -0.4 is 15.4 Å². The van der Waals surface area contributed by atoms with Crippen molar-refractivity contribution in [3.8, 4) is 5.75 Å². The molecule has 1 saturated heterocycles. The van der Waals surface area contributed by atoms with Gasteiger partial charge in [-0.25, -0.2) is 4.99 Å². The predicted octanol–water partition coefficient (Wildman–Crippen LogP) is 2.15. The molecule has 1 fully saturated rings. The van der Waals surface area contributed by atoms with Gasteiger partial charge in [-0.1, -0.05) is 30.9 Å². The molecule has 1 aliphatic heterocycles. The summed E-state index contributed by atoms with van der Waals surface area (Å²) in [5.74, 6) is 1.68. The molecule has 3 N–H and O–H groups in total. The van der Waals surface area contributed by atoms with Crippen LogP contribution in [-0.4, -0.2) is 61.4 Å². The third-order valence-corrected chi connectivity index (χ3v) is 4.58. The Bertz CT molecular complexity index is 583. The highest BCUT2D eigenvalue weighted by Crippen LogP contribution is 2.18. The predicted molar refractivity (Wildman–Crippen MR) is 111 cm³/mol. The molecule has 6 heteroatoms. The van der Waals surface area contributed by atoms with Crippen LogP contribution in [0, 0.1) is 0 Å². The van der Waals surface area contributed by atoms with Crippen molar-refractivity contribution in [3.05, 3.63) is 42.5 Å². The van der Waals surface area contributed by atoms with Crippen LogP contribution in [-0.2, 0) is 6.54 Å². The summed E-state index contributed by atoms with van der Waals surface area (Å²) in [4.78, 5) is 7.11. The number of benzene rings is 1. The highest BCUT2D eigenvalue weighted by atomic mass is 16.5. The molecule has 0 saturated carbocycles. The van der Waals surface area contributed by atoms with Crippen LogP contribution in [0.5, 0.6) is 5.75 Å². The molecule has 0 atom stereocenters. The molecule has 1 aliphatic rings. The van der Waals surface area contributed by atoms with Gasteiger partial charge in [0.25, 0.3) is 0 Å². The maximum Gasteiger partial charge on any atom is 0.191 e. The fourth-order valence-corrected chi connectivity index (χ4v) is 3.08. The molecule has 0 bridgehead atoms. The van der Waals surface area contributed by atoms with Gasteiger partial charge in [0.05, 0.1) is 12.6 Å². The van der Waals surface area contributed by atoms with Crippen LogP contribution in [0.15, 0.2) is 41.9 Å². The Balaban J connectivity index is 1.79. The zero-order valence-electron chi connectivity index (χ0n) is 16.5. The molecular formula is C21H34N4O2. The molecule has 6 nitrogen and oxygen atoms in total. The Morgan fingerprint density at radius 1 is 1.33 bits per heavy atom. The van der Waals surface area contributed by atoms with Crippen LogP contribution in [0.25, 0.3) is 0 Å². The average molecular weight is 375 g/mol. The second-order valence-electron chi connectivity index (χ2n) is 6.76. The lowest BCUT2D eigenvalue weighted by atomic mass is 10.1. The molecule has 0 spiro atoms. The van der Waals surface area contributed by atoms with Crippen molar-refractivity contribution >= 4 is 5.96 Å². The van der Waals surface area contributed by atoms with Gasteiger partial charge in [0.15, 0.2) is 5.96 Å². The van der Waals surface area contributed by atoms with Crippen molar-refractivity contribution in [2.45, 2.75) is 38.8 Å². The largest absolute Gasteiger partial charge is 0.489 e. The number of nitrogens with zero attached hydrogens (tertiary/aromatic N) is 2. The number of hydrogen-bond donors (Lipinski definition) is 3. The molecule has 0 radical (unpaired) electrons. The van der Waals surface area contributed by atoms with Crippen molar-refractivity contribution < 1.29 is 9.84 Å². The molecule has 1 aromatic carbocycles. The van der Waals surface area contributed by atoms with Crippen molar-refractivity contribution in [2.24, 2.45) is 4.99 Å².